The van der Waals surface area contributed by atoms with Crippen LogP contribution in [0.15, 0.2) is 12.7 Å². The largest absolute Gasteiger partial charge is 0.465 e. The highest BCUT2D eigenvalue weighted by Gasteiger charge is 2.22. The number of ether oxygens (including phenoxy) is 2. The van der Waals surface area contributed by atoms with Gasteiger partial charge in [0.15, 0.2) is 10.8 Å². The summed E-state index contributed by atoms with van der Waals surface area (Å²) in [5.41, 5.74) is 4.14. The van der Waals surface area contributed by atoms with Gasteiger partial charge in [-0.05, 0) is 6.92 Å². The van der Waals surface area contributed by atoms with E-state index in [-0.39, 0.29) is 30.3 Å². The predicted octanol–water partition coefficient (Wildman–Crippen LogP) is 1.15. The number of rotatable bonds is 7. The zero-order valence-corrected chi connectivity index (χ0v) is 14.3. The summed E-state index contributed by atoms with van der Waals surface area (Å²) in [6.45, 7) is 4.71. The summed E-state index contributed by atoms with van der Waals surface area (Å²) in [5, 5.41) is 0.258. The zero-order chi connectivity index (χ0) is 17.7. The van der Waals surface area contributed by atoms with Crippen molar-refractivity contribution in [1.82, 2.24) is 19.6 Å². The van der Waals surface area contributed by atoms with Crippen molar-refractivity contribution in [3.63, 3.8) is 0 Å². The summed E-state index contributed by atoms with van der Waals surface area (Å²) < 4.78 is 11.7. The fraction of sp³-hybridized carbons (Fsp3) is 0.500. The van der Waals surface area contributed by atoms with Crippen LogP contribution in [0.3, 0.4) is 0 Å². The standard InChI is InChI=1S/C14H18ClN5O4/c1-8(11(4-23-9(2)21)5-24-10(3)22)19-20-7-18-14-12(20)13(15)16-6-17-14/h6-8,11,19H,4-5H2,1-3H3. The molecule has 0 spiro atoms. The Balaban J connectivity index is 2.13. The van der Waals surface area contributed by atoms with Gasteiger partial charge in [-0.2, -0.15) is 0 Å². The third-order valence-electron chi connectivity index (χ3n) is 3.35. The van der Waals surface area contributed by atoms with Gasteiger partial charge in [0.2, 0.25) is 0 Å². The van der Waals surface area contributed by atoms with E-state index in [0.717, 1.165) is 0 Å². The molecule has 1 atom stereocenters. The molecule has 2 rings (SSSR count). The molecule has 2 aromatic heterocycles. The van der Waals surface area contributed by atoms with Crippen LogP contribution in [0, 0.1) is 5.92 Å². The Morgan fingerprint density at radius 2 is 1.83 bits per heavy atom. The molecule has 0 fully saturated rings. The van der Waals surface area contributed by atoms with E-state index in [2.05, 4.69) is 20.4 Å². The number of carbonyl (C=O) groups excluding carboxylic acids is 2. The minimum atomic E-state index is -0.403. The van der Waals surface area contributed by atoms with Gasteiger partial charge in [-0.1, -0.05) is 11.6 Å². The average Bonchev–Trinajstić information content (AvgIpc) is 2.91. The van der Waals surface area contributed by atoms with Gasteiger partial charge in [0.1, 0.15) is 18.2 Å². The van der Waals surface area contributed by atoms with Gasteiger partial charge in [-0.15, -0.1) is 0 Å². The van der Waals surface area contributed by atoms with Gasteiger partial charge >= 0.3 is 11.9 Å². The van der Waals surface area contributed by atoms with Gasteiger partial charge < -0.3 is 14.9 Å². The molecule has 0 bridgehead atoms. The lowest BCUT2D eigenvalue weighted by molar-refractivity contribution is -0.146. The molecule has 2 aromatic rings. The number of aromatic nitrogens is 4. The van der Waals surface area contributed by atoms with E-state index in [1.54, 1.807) is 4.68 Å². The van der Waals surface area contributed by atoms with E-state index in [4.69, 9.17) is 21.1 Å². The number of carbonyl (C=O) groups is 2. The van der Waals surface area contributed by atoms with E-state index < -0.39 is 11.9 Å². The molecule has 0 saturated heterocycles. The fourth-order valence-corrected chi connectivity index (χ4v) is 2.25. The quantitative estimate of drug-likeness (QED) is 0.582. The number of hydrogen-bond donors (Lipinski definition) is 1. The van der Waals surface area contributed by atoms with Crippen LogP contribution in [-0.4, -0.2) is 50.8 Å². The predicted molar refractivity (Wildman–Crippen MR) is 85.9 cm³/mol. The normalized spacial score (nSPS) is 12.2. The molecular weight excluding hydrogens is 338 g/mol. The Labute approximate surface area is 143 Å². The van der Waals surface area contributed by atoms with E-state index in [1.165, 1.54) is 26.5 Å². The smallest absolute Gasteiger partial charge is 0.302 e. The molecule has 24 heavy (non-hydrogen) atoms. The molecule has 1 unspecified atom stereocenters. The first kappa shape index (κ1) is 17.9. The van der Waals surface area contributed by atoms with Gasteiger partial charge in [0, 0.05) is 25.8 Å². The van der Waals surface area contributed by atoms with E-state index in [1.807, 2.05) is 6.92 Å². The van der Waals surface area contributed by atoms with Crippen molar-refractivity contribution in [2.75, 3.05) is 18.6 Å². The molecule has 130 valence electrons. The van der Waals surface area contributed by atoms with Gasteiger partial charge in [-0.3, -0.25) is 9.59 Å². The number of esters is 2. The highest BCUT2D eigenvalue weighted by atomic mass is 35.5. The maximum absolute atomic E-state index is 11.0. The SMILES string of the molecule is CC(=O)OCC(COC(C)=O)C(C)Nn1cnc2ncnc(Cl)c21. The second-order valence-electron chi connectivity index (χ2n) is 5.23. The molecule has 10 heteroatoms. The number of nitrogens with zero attached hydrogens (tertiary/aromatic N) is 4. The van der Waals surface area contributed by atoms with Crippen LogP contribution >= 0.6 is 11.6 Å². The Morgan fingerprint density at radius 3 is 2.42 bits per heavy atom. The number of imidazole rings is 1. The lowest BCUT2D eigenvalue weighted by Crippen LogP contribution is -2.37. The minimum absolute atomic E-state index is 0.105. The Morgan fingerprint density at radius 1 is 1.21 bits per heavy atom. The molecule has 2 heterocycles. The second kappa shape index (κ2) is 7.91. The third-order valence-corrected chi connectivity index (χ3v) is 3.62. The van der Waals surface area contributed by atoms with Gasteiger partial charge in [-0.25, -0.2) is 19.6 Å². The van der Waals surface area contributed by atoms with Crippen LogP contribution in [0.5, 0.6) is 0 Å². The van der Waals surface area contributed by atoms with Gasteiger partial charge in [0.05, 0.1) is 13.2 Å². The Kier molecular flexibility index (Phi) is 5.91. The Bertz CT molecular complexity index is 717. The summed E-state index contributed by atoms with van der Waals surface area (Å²) in [5.74, 6) is -1.07. The lowest BCUT2D eigenvalue weighted by Gasteiger charge is -2.25. The van der Waals surface area contributed by atoms with E-state index in [0.29, 0.717) is 11.2 Å². The molecule has 0 aliphatic rings. The fourth-order valence-electron chi connectivity index (χ4n) is 2.03. The van der Waals surface area contributed by atoms with Crippen molar-refractivity contribution in [2.45, 2.75) is 26.8 Å². The first-order valence-electron chi connectivity index (χ1n) is 7.25. The van der Waals surface area contributed by atoms with Crippen LogP contribution in [-0.2, 0) is 19.1 Å². The number of halogens is 1. The first-order chi connectivity index (χ1) is 11.4. The van der Waals surface area contributed by atoms with E-state index >= 15 is 0 Å². The molecule has 9 nitrogen and oxygen atoms in total. The van der Waals surface area contributed by atoms with Crippen LogP contribution in [0.4, 0.5) is 0 Å². The summed E-state index contributed by atoms with van der Waals surface area (Å²) in [6.07, 6.45) is 2.85. The number of hydrogen-bond acceptors (Lipinski definition) is 8. The molecular formula is C14H18ClN5O4. The van der Waals surface area contributed by atoms with Crippen molar-refractivity contribution in [1.29, 1.82) is 0 Å². The summed E-state index contributed by atoms with van der Waals surface area (Å²) in [6, 6.07) is -0.225. The maximum Gasteiger partial charge on any atom is 0.302 e. The lowest BCUT2D eigenvalue weighted by atomic mass is 10.0. The third kappa shape index (κ3) is 4.54. The van der Waals surface area contributed by atoms with Crippen molar-refractivity contribution in [3.05, 3.63) is 17.8 Å². The van der Waals surface area contributed by atoms with Crippen LogP contribution in [0.1, 0.15) is 20.8 Å². The minimum Gasteiger partial charge on any atom is -0.465 e. The van der Waals surface area contributed by atoms with Crippen LogP contribution in [0.25, 0.3) is 11.2 Å². The highest BCUT2D eigenvalue weighted by molar-refractivity contribution is 6.33. The van der Waals surface area contributed by atoms with Crippen molar-refractivity contribution >= 4 is 34.7 Å². The summed E-state index contributed by atoms with van der Waals surface area (Å²) >= 11 is 6.08. The summed E-state index contributed by atoms with van der Waals surface area (Å²) in [7, 11) is 0. The second-order valence-corrected chi connectivity index (χ2v) is 5.59. The number of fused-ring (bicyclic) bond motifs is 1. The Hall–Kier alpha value is -2.42. The molecule has 0 radical (unpaired) electrons. The van der Waals surface area contributed by atoms with Crippen LogP contribution in [0.2, 0.25) is 5.15 Å². The zero-order valence-electron chi connectivity index (χ0n) is 13.5. The van der Waals surface area contributed by atoms with Crippen LogP contribution < -0.4 is 5.43 Å². The van der Waals surface area contributed by atoms with Crippen molar-refractivity contribution < 1.29 is 19.1 Å². The average molecular weight is 356 g/mol. The van der Waals surface area contributed by atoms with Gasteiger partial charge in [0.25, 0.3) is 0 Å². The molecule has 1 N–H and O–H groups in total. The first-order valence-corrected chi connectivity index (χ1v) is 7.63. The molecule has 0 aliphatic carbocycles. The molecule has 0 amide bonds. The van der Waals surface area contributed by atoms with Crippen molar-refractivity contribution in [3.8, 4) is 0 Å². The molecule has 0 aliphatic heterocycles. The molecule has 0 saturated carbocycles. The summed E-state index contributed by atoms with van der Waals surface area (Å²) in [4.78, 5) is 34.2. The number of nitrogens with one attached hydrogen (secondary N) is 1. The van der Waals surface area contributed by atoms with Crippen molar-refractivity contribution in [2.24, 2.45) is 5.92 Å². The monoisotopic (exact) mass is 355 g/mol. The van der Waals surface area contributed by atoms with E-state index in [9.17, 15) is 9.59 Å². The highest BCUT2D eigenvalue weighted by Crippen LogP contribution is 2.18. The maximum atomic E-state index is 11.0. The topological polar surface area (TPSA) is 108 Å². The molecule has 0 aromatic carbocycles.